The zero-order chi connectivity index (χ0) is 23.1. The number of carbonyl (C=O) groups is 1. The monoisotopic (exact) mass is 447 g/mol. The van der Waals surface area contributed by atoms with Crippen LogP contribution in [0, 0.1) is 5.92 Å². The summed E-state index contributed by atoms with van der Waals surface area (Å²) in [6, 6.07) is 10.5. The van der Waals surface area contributed by atoms with Crippen molar-refractivity contribution < 1.29 is 27.8 Å². The molecule has 174 valence electrons. The SMILES string of the molecule is COc1cc2c(cc1OC)C(=O)C(CCCN(C)CCc1ccc(OC(F)F)cc1)CC2. The van der Waals surface area contributed by atoms with Crippen molar-refractivity contribution in [3.63, 3.8) is 0 Å². The number of alkyl halides is 2. The van der Waals surface area contributed by atoms with Crippen LogP contribution in [-0.4, -0.2) is 51.7 Å². The van der Waals surface area contributed by atoms with Crippen LogP contribution in [0.25, 0.3) is 0 Å². The molecule has 0 saturated carbocycles. The van der Waals surface area contributed by atoms with Crippen LogP contribution in [0.2, 0.25) is 0 Å². The van der Waals surface area contributed by atoms with Crippen LogP contribution in [0.5, 0.6) is 17.2 Å². The van der Waals surface area contributed by atoms with Crippen molar-refractivity contribution in [1.82, 2.24) is 4.90 Å². The molecule has 32 heavy (non-hydrogen) atoms. The lowest BCUT2D eigenvalue weighted by Crippen LogP contribution is -2.26. The maximum atomic E-state index is 13.0. The molecule has 3 rings (SSSR count). The summed E-state index contributed by atoms with van der Waals surface area (Å²) in [6.45, 7) is -1.05. The van der Waals surface area contributed by atoms with Crippen LogP contribution < -0.4 is 14.2 Å². The molecule has 0 radical (unpaired) electrons. The molecule has 2 aromatic rings. The van der Waals surface area contributed by atoms with Gasteiger partial charge in [-0.25, -0.2) is 0 Å². The third-order valence-electron chi connectivity index (χ3n) is 6.03. The number of ether oxygens (including phenoxy) is 3. The van der Waals surface area contributed by atoms with E-state index in [9.17, 15) is 13.6 Å². The topological polar surface area (TPSA) is 48.0 Å². The fourth-order valence-electron chi connectivity index (χ4n) is 4.19. The molecule has 0 N–H and O–H groups in total. The second-order valence-electron chi connectivity index (χ2n) is 8.18. The quantitative estimate of drug-likeness (QED) is 0.485. The van der Waals surface area contributed by atoms with Gasteiger partial charge in [-0.15, -0.1) is 0 Å². The molecule has 0 heterocycles. The van der Waals surface area contributed by atoms with E-state index in [0.717, 1.165) is 61.9 Å². The molecule has 0 bridgehead atoms. The summed E-state index contributed by atoms with van der Waals surface area (Å²) >= 11 is 0. The number of Topliss-reactive ketones (excluding diaryl/α,β-unsaturated/α-hetero) is 1. The Kier molecular flexibility index (Phi) is 8.45. The van der Waals surface area contributed by atoms with E-state index in [0.29, 0.717) is 11.5 Å². The molecule has 5 nitrogen and oxygen atoms in total. The van der Waals surface area contributed by atoms with Crippen molar-refractivity contribution in [2.75, 3.05) is 34.4 Å². The number of fused-ring (bicyclic) bond motifs is 1. The van der Waals surface area contributed by atoms with Crippen LogP contribution in [0.1, 0.15) is 40.7 Å². The van der Waals surface area contributed by atoms with Gasteiger partial charge < -0.3 is 19.1 Å². The minimum atomic E-state index is -2.80. The zero-order valence-electron chi connectivity index (χ0n) is 18.9. The Balaban J connectivity index is 1.45. The Morgan fingerprint density at radius 1 is 1.06 bits per heavy atom. The molecular weight excluding hydrogens is 416 g/mol. The summed E-state index contributed by atoms with van der Waals surface area (Å²) in [7, 11) is 5.24. The van der Waals surface area contributed by atoms with Crippen LogP contribution in [0.3, 0.4) is 0 Å². The Morgan fingerprint density at radius 2 is 1.75 bits per heavy atom. The summed E-state index contributed by atoms with van der Waals surface area (Å²) in [4.78, 5) is 15.2. The minimum absolute atomic E-state index is 0.0383. The van der Waals surface area contributed by atoms with E-state index >= 15 is 0 Å². The number of halogens is 2. The Bertz CT molecular complexity index is 902. The predicted octanol–water partition coefficient (Wildman–Crippen LogP) is 5.01. The highest BCUT2D eigenvalue weighted by Crippen LogP contribution is 2.36. The van der Waals surface area contributed by atoms with Gasteiger partial charge in [0.05, 0.1) is 14.2 Å². The number of rotatable bonds is 11. The smallest absolute Gasteiger partial charge is 0.387 e. The van der Waals surface area contributed by atoms with Crippen LogP contribution in [0.4, 0.5) is 8.78 Å². The number of hydrogen-bond donors (Lipinski definition) is 0. The third kappa shape index (κ3) is 6.19. The van der Waals surface area contributed by atoms with Gasteiger partial charge in [0.1, 0.15) is 5.75 Å². The van der Waals surface area contributed by atoms with Gasteiger partial charge in [-0.3, -0.25) is 4.79 Å². The van der Waals surface area contributed by atoms with E-state index in [1.54, 1.807) is 26.4 Å². The number of benzene rings is 2. The molecule has 0 spiro atoms. The zero-order valence-corrected chi connectivity index (χ0v) is 18.9. The number of likely N-dealkylation sites (N-methyl/N-ethyl adjacent to an activating group) is 1. The van der Waals surface area contributed by atoms with Gasteiger partial charge in [-0.05, 0) is 81.1 Å². The molecule has 2 aromatic carbocycles. The summed E-state index contributed by atoms with van der Waals surface area (Å²) in [6.07, 6.45) is 4.35. The first kappa shape index (κ1) is 24.0. The number of ketones is 1. The van der Waals surface area contributed by atoms with Crippen molar-refractivity contribution in [2.24, 2.45) is 5.92 Å². The maximum absolute atomic E-state index is 13.0. The van der Waals surface area contributed by atoms with Crippen molar-refractivity contribution in [2.45, 2.75) is 38.7 Å². The molecule has 1 aliphatic carbocycles. The summed E-state index contributed by atoms with van der Waals surface area (Å²) in [5.74, 6) is 1.66. The molecular formula is C25H31F2NO4. The Morgan fingerprint density at radius 3 is 2.41 bits per heavy atom. The van der Waals surface area contributed by atoms with E-state index in [2.05, 4.69) is 16.7 Å². The lowest BCUT2D eigenvalue weighted by molar-refractivity contribution is -0.0498. The van der Waals surface area contributed by atoms with E-state index in [1.807, 2.05) is 24.3 Å². The van der Waals surface area contributed by atoms with Crippen LogP contribution in [-0.2, 0) is 12.8 Å². The van der Waals surface area contributed by atoms with Gasteiger partial charge in [-0.2, -0.15) is 8.78 Å². The fourth-order valence-corrected chi connectivity index (χ4v) is 4.19. The first-order valence-corrected chi connectivity index (χ1v) is 10.9. The van der Waals surface area contributed by atoms with Crippen molar-refractivity contribution in [3.05, 3.63) is 53.1 Å². The number of hydrogen-bond acceptors (Lipinski definition) is 5. The fraction of sp³-hybridized carbons (Fsp3) is 0.480. The Labute approximate surface area is 188 Å². The van der Waals surface area contributed by atoms with E-state index in [4.69, 9.17) is 9.47 Å². The van der Waals surface area contributed by atoms with Crippen molar-refractivity contribution in [3.8, 4) is 17.2 Å². The molecule has 0 amide bonds. The number of nitrogens with zero attached hydrogens (tertiary/aromatic N) is 1. The van der Waals surface area contributed by atoms with Gasteiger partial charge in [-0.1, -0.05) is 12.1 Å². The van der Waals surface area contributed by atoms with Crippen molar-refractivity contribution >= 4 is 5.78 Å². The number of carbonyl (C=O) groups excluding carboxylic acids is 1. The standard InChI is InChI=1S/C25H31F2NO4/c1-28(14-12-17-6-10-20(11-7-17)32-25(26)27)13-4-5-18-8-9-19-15-22(30-2)23(31-3)16-21(19)24(18)29/h6-7,10-11,15-16,18,25H,4-5,8-9,12-14H2,1-3H3. The third-order valence-corrected chi connectivity index (χ3v) is 6.03. The summed E-state index contributed by atoms with van der Waals surface area (Å²) in [5, 5.41) is 0. The van der Waals surface area contributed by atoms with Crippen molar-refractivity contribution in [1.29, 1.82) is 0 Å². The minimum Gasteiger partial charge on any atom is -0.493 e. The summed E-state index contributed by atoms with van der Waals surface area (Å²) < 4.78 is 39.5. The molecule has 0 aliphatic heterocycles. The largest absolute Gasteiger partial charge is 0.493 e. The lowest BCUT2D eigenvalue weighted by Gasteiger charge is -2.25. The van der Waals surface area contributed by atoms with Gasteiger partial charge in [0.15, 0.2) is 17.3 Å². The lowest BCUT2D eigenvalue weighted by atomic mass is 9.80. The normalized spacial score (nSPS) is 15.7. The Hall–Kier alpha value is -2.67. The van der Waals surface area contributed by atoms with Gasteiger partial charge in [0.25, 0.3) is 0 Å². The van der Waals surface area contributed by atoms with Crippen LogP contribution in [0.15, 0.2) is 36.4 Å². The molecule has 1 aliphatic rings. The van der Waals surface area contributed by atoms with E-state index < -0.39 is 6.61 Å². The molecule has 1 atom stereocenters. The average Bonchev–Trinajstić information content (AvgIpc) is 2.79. The highest BCUT2D eigenvalue weighted by atomic mass is 19.3. The highest BCUT2D eigenvalue weighted by Gasteiger charge is 2.28. The molecule has 1 unspecified atom stereocenters. The molecule has 0 fully saturated rings. The van der Waals surface area contributed by atoms with E-state index in [-0.39, 0.29) is 17.5 Å². The van der Waals surface area contributed by atoms with Gasteiger partial charge in [0, 0.05) is 18.0 Å². The first-order chi connectivity index (χ1) is 15.4. The molecule has 0 aromatic heterocycles. The van der Waals surface area contributed by atoms with Gasteiger partial charge >= 0.3 is 6.61 Å². The van der Waals surface area contributed by atoms with E-state index in [1.165, 1.54) is 0 Å². The average molecular weight is 448 g/mol. The molecule has 0 saturated heterocycles. The highest BCUT2D eigenvalue weighted by molar-refractivity contribution is 6.00. The van der Waals surface area contributed by atoms with Gasteiger partial charge in [0.2, 0.25) is 0 Å². The second-order valence-corrected chi connectivity index (χ2v) is 8.18. The van der Waals surface area contributed by atoms with Crippen LogP contribution >= 0.6 is 0 Å². The first-order valence-electron chi connectivity index (χ1n) is 10.9. The molecule has 7 heteroatoms. The maximum Gasteiger partial charge on any atom is 0.387 e. The second kappa shape index (κ2) is 11.3. The predicted molar refractivity (Wildman–Crippen MR) is 119 cm³/mol. The summed E-state index contributed by atoms with van der Waals surface area (Å²) in [5.41, 5.74) is 2.86. The number of aryl methyl sites for hydroxylation is 1. The number of methoxy groups -OCH3 is 2.